The third-order valence-corrected chi connectivity index (χ3v) is 1.07. The van der Waals surface area contributed by atoms with E-state index in [2.05, 4.69) is 30.6 Å². The van der Waals surface area contributed by atoms with Gasteiger partial charge in [-0.05, 0) is 0 Å². The maximum Gasteiger partial charge on any atom is 0.200 e. The van der Waals surface area contributed by atoms with Crippen LogP contribution in [0.5, 0.6) is 0 Å². The van der Waals surface area contributed by atoms with Crippen molar-refractivity contribution in [3.05, 3.63) is 12.5 Å². The monoisotopic (exact) mass is 136 g/mol. The summed E-state index contributed by atoms with van der Waals surface area (Å²) in [6, 6.07) is 0. The van der Waals surface area contributed by atoms with E-state index in [1.807, 2.05) is 0 Å². The first-order valence-electron chi connectivity index (χ1n) is 2.69. The van der Waals surface area contributed by atoms with Gasteiger partial charge in [-0.3, -0.25) is 10.2 Å². The molecular formula is C4H4N6. The highest BCUT2D eigenvalue weighted by molar-refractivity contribution is 5.44. The first-order valence-corrected chi connectivity index (χ1v) is 2.69. The van der Waals surface area contributed by atoms with Gasteiger partial charge in [0.05, 0.1) is 6.20 Å². The van der Waals surface area contributed by atoms with E-state index in [1.165, 1.54) is 6.33 Å². The summed E-state index contributed by atoms with van der Waals surface area (Å²) in [6.45, 7) is 0. The summed E-state index contributed by atoms with van der Waals surface area (Å²) in [6.07, 6.45) is 3.05. The van der Waals surface area contributed by atoms with E-state index in [0.29, 0.717) is 11.5 Å². The lowest BCUT2D eigenvalue weighted by Gasteiger charge is -1.80. The second kappa shape index (κ2) is 1.90. The molecule has 2 rings (SSSR count). The molecule has 0 bridgehead atoms. The zero-order chi connectivity index (χ0) is 6.81. The van der Waals surface area contributed by atoms with Crippen LogP contribution in [0.3, 0.4) is 0 Å². The number of nitrogens with one attached hydrogen (secondary N) is 2. The van der Waals surface area contributed by atoms with Crippen molar-refractivity contribution < 1.29 is 0 Å². The first-order chi connectivity index (χ1) is 4.97. The molecular weight excluding hydrogens is 132 g/mol. The number of H-pyrrole nitrogens is 2. The Kier molecular flexibility index (Phi) is 0.970. The lowest BCUT2D eigenvalue weighted by Crippen LogP contribution is -1.79. The van der Waals surface area contributed by atoms with Gasteiger partial charge in [0, 0.05) is 0 Å². The second-order valence-corrected chi connectivity index (χ2v) is 1.69. The predicted molar refractivity (Wildman–Crippen MR) is 31.8 cm³/mol. The average Bonchev–Trinajstić information content (AvgIpc) is 2.59. The largest absolute Gasteiger partial charge is 0.265 e. The molecule has 0 fully saturated rings. The third-order valence-electron chi connectivity index (χ3n) is 1.07. The predicted octanol–water partition coefficient (Wildman–Crippen LogP) is -0.410. The van der Waals surface area contributed by atoms with Crippen LogP contribution in [0.25, 0.3) is 11.5 Å². The SMILES string of the molecule is c1nc(-c2cnn[nH]2)n[nH]1. The molecule has 0 saturated carbocycles. The van der Waals surface area contributed by atoms with Crippen LogP contribution >= 0.6 is 0 Å². The molecule has 0 unspecified atom stereocenters. The van der Waals surface area contributed by atoms with Gasteiger partial charge in [0.25, 0.3) is 0 Å². The number of nitrogens with zero attached hydrogens (tertiary/aromatic N) is 4. The van der Waals surface area contributed by atoms with Crippen LogP contribution in [0.4, 0.5) is 0 Å². The fourth-order valence-electron chi connectivity index (χ4n) is 0.645. The van der Waals surface area contributed by atoms with Gasteiger partial charge in [-0.2, -0.15) is 5.10 Å². The minimum Gasteiger partial charge on any atom is -0.265 e. The van der Waals surface area contributed by atoms with E-state index in [4.69, 9.17) is 0 Å². The Balaban J connectivity index is 2.48. The molecule has 0 aliphatic carbocycles. The van der Waals surface area contributed by atoms with Crippen molar-refractivity contribution in [1.29, 1.82) is 0 Å². The molecule has 0 spiro atoms. The van der Waals surface area contributed by atoms with Crippen LogP contribution in [0.2, 0.25) is 0 Å². The summed E-state index contributed by atoms with van der Waals surface area (Å²) in [7, 11) is 0. The molecule has 0 saturated heterocycles. The fraction of sp³-hybridized carbons (Fsp3) is 0. The number of hydrogen-bond donors (Lipinski definition) is 2. The number of aromatic nitrogens is 6. The molecule has 6 nitrogen and oxygen atoms in total. The molecule has 10 heavy (non-hydrogen) atoms. The van der Waals surface area contributed by atoms with E-state index in [-0.39, 0.29) is 0 Å². The van der Waals surface area contributed by atoms with Crippen LogP contribution < -0.4 is 0 Å². The van der Waals surface area contributed by atoms with Crippen molar-refractivity contribution in [2.75, 3.05) is 0 Å². The topological polar surface area (TPSA) is 83.1 Å². The lowest BCUT2D eigenvalue weighted by atomic mass is 10.5. The Morgan fingerprint density at radius 2 is 2.40 bits per heavy atom. The highest BCUT2D eigenvalue weighted by Crippen LogP contribution is 2.04. The molecule has 0 atom stereocenters. The van der Waals surface area contributed by atoms with Crippen molar-refractivity contribution >= 4 is 0 Å². The molecule has 0 radical (unpaired) electrons. The van der Waals surface area contributed by atoms with E-state index in [1.54, 1.807) is 6.20 Å². The molecule has 2 heterocycles. The zero-order valence-corrected chi connectivity index (χ0v) is 4.94. The molecule has 50 valence electrons. The lowest BCUT2D eigenvalue weighted by molar-refractivity contribution is 0.938. The Morgan fingerprint density at radius 1 is 1.40 bits per heavy atom. The molecule has 0 aliphatic rings. The fourth-order valence-corrected chi connectivity index (χ4v) is 0.645. The second-order valence-electron chi connectivity index (χ2n) is 1.69. The van der Waals surface area contributed by atoms with E-state index < -0.39 is 0 Å². The molecule has 6 heteroatoms. The highest BCUT2D eigenvalue weighted by atomic mass is 15.3. The molecule has 0 amide bonds. The van der Waals surface area contributed by atoms with E-state index >= 15 is 0 Å². The van der Waals surface area contributed by atoms with Gasteiger partial charge in [-0.15, -0.1) is 5.10 Å². The van der Waals surface area contributed by atoms with Crippen molar-refractivity contribution in [2.45, 2.75) is 0 Å². The number of hydrogen-bond acceptors (Lipinski definition) is 4. The molecule has 2 aromatic rings. The average molecular weight is 136 g/mol. The summed E-state index contributed by atoms with van der Waals surface area (Å²) in [5, 5.41) is 16.1. The summed E-state index contributed by atoms with van der Waals surface area (Å²) in [4.78, 5) is 3.88. The Labute approximate surface area is 55.7 Å². The smallest absolute Gasteiger partial charge is 0.200 e. The summed E-state index contributed by atoms with van der Waals surface area (Å²) < 4.78 is 0. The van der Waals surface area contributed by atoms with E-state index in [0.717, 1.165) is 0 Å². The highest BCUT2D eigenvalue weighted by Gasteiger charge is 2.00. The van der Waals surface area contributed by atoms with Gasteiger partial charge >= 0.3 is 0 Å². The standard InChI is InChI=1S/C4H4N6/c1-3(8-10-6-1)4-5-2-7-9-4/h1-2H,(H,5,7,9)(H,6,8,10). The van der Waals surface area contributed by atoms with Crippen molar-refractivity contribution in [3.63, 3.8) is 0 Å². The number of aromatic amines is 2. The van der Waals surface area contributed by atoms with Crippen molar-refractivity contribution in [2.24, 2.45) is 0 Å². The third kappa shape index (κ3) is 0.661. The minimum atomic E-state index is 0.574. The van der Waals surface area contributed by atoms with Gasteiger partial charge in [0.15, 0.2) is 0 Å². The Morgan fingerprint density at radius 3 is 3.00 bits per heavy atom. The molecule has 0 aromatic carbocycles. The molecule has 0 aliphatic heterocycles. The van der Waals surface area contributed by atoms with E-state index in [9.17, 15) is 0 Å². The van der Waals surface area contributed by atoms with Crippen LogP contribution in [0.15, 0.2) is 12.5 Å². The summed E-state index contributed by atoms with van der Waals surface area (Å²) in [5.41, 5.74) is 0.709. The normalized spacial score (nSPS) is 10.0. The summed E-state index contributed by atoms with van der Waals surface area (Å²) in [5.74, 6) is 0.574. The molecule has 2 N–H and O–H groups in total. The van der Waals surface area contributed by atoms with Crippen LogP contribution in [0.1, 0.15) is 0 Å². The Bertz CT molecular complexity index is 249. The van der Waals surface area contributed by atoms with Gasteiger partial charge in [-0.25, -0.2) is 4.98 Å². The van der Waals surface area contributed by atoms with Gasteiger partial charge < -0.3 is 0 Å². The van der Waals surface area contributed by atoms with Crippen molar-refractivity contribution in [1.82, 2.24) is 30.6 Å². The zero-order valence-electron chi connectivity index (χ0n) is 4.94. The van der Waals surface area contributed by atoms with Crippen LogP contribution in [-0.4, -0.2) is 30.6 Å². The van der Waals surface area contributed by atoms with Crippen LogP contribution in [0, 0.1) is 0 Å². The van der Waals surface area contributed by atoms with Crippen molar-refractivity contribution in [3.8, 4) is 11.5 Å². The summed E-state index contributed by atoms with van der Waals surface area (Å²) >= 11 is 0. The molecule has 2 aromatic heterocycles. The van der Waals surface area contributed by atoms with Crippen LogP contribution in [-0.2, 0) is 0 Å². The number of rotatable bonds is 1. The van der Waals surface area contributed by atoms with Gasteiger partial charge in [-0.1, -0.05) is 5.21 Å². The minimum absolute atomic E-state index is 0.574. The van der Waals surface area contributed by atoms with Gasteiger partial charge in [0.1, 0.15) is 12.0 Å². The maximum atomic E-state index is 3.88. The first kappa shape index (κ1) is 5.10. The Hall–Kier alpha value is -1.72. The maximum absolute atomic E-state index is 3.88. The van der Waals surface area contributed by atoms with Gasteiger partial charge in [0.2, 0.25) is 5.82 Å². The quantitative estimate of drug-likeness (QED) is 0.558.